The second kappa shape index (κ2) is 10.6. The fourth-order valence-corrected chi connectivity index (χ4v) is 5.46. The first-order valence-corrected chi connectivity index (χ1v) is 11.7. The molecule has 1 nitrogen and oxygen atoms in total. The molecule has 3 heteroatoms. The van der Waals surface area contributed by atoms with E-state index in [0.717, 1.165) is 30.6 Å². The van der Waals surface area contributed by atoms with Crippen LogP contribution in [0.15, 0.2) is 12.1 Å². The molecule has 2 fully saturated rings. The van der Waals surface area contributed by atoms with Crippen molar-refractivity contribution in [3.8, 4) is 5.75 Å². The van der Waals surface area contributed by atoms with Crippen LogP contribution in [0.5, 0.6) is 5.75 Å². The number of rotatable bonds is 8. The molecular weight excluding hydrogens is 354 g/mol. The van der Waals surface area contributed by atoms with E-state index in [1.807, 2.05) is 6.92 Å². The lowest BCUT2D eigenvalue weighted by Crippen LogP contribution is -2.25. The van der Waals surface area contributed by atoms with Crippen LogP contribution in [0.1, 0.15) is 90.0 Å². The average Bonchev–Trinajstić information content (AvgIpc) is 2.74. The van der Waals surface area contributed by atoms with Crippen molar-refractivity contribution >= 4 is 0 Å². The van der Waals surface area contributed by atoms with Gasteiger partial charge in [0.1, 0.15) is 0 Å². The van der Waals surface area contributed by atoms with Gasteiger partial charge in [0, 0.05) is 0 Å². The number of ether oxygens (including phenoxy) is 1. The molecule has 0 unspecified atom stereocenters. The highest BCUT2D eigenvalue weighted by Gasteiger charge is 2.30. The molecule has 0 spiro atoms. The molecule has 0 bridgehead atoms. The van der Waals surface area contributed by atoms with Gasteiger partial charge in [-0.15, -0.1) is 0 Å². The molecule has 0 N–H and O–H groups in total. The Morgan fingerprint density at radius 3 is 2.00 bits per heavy atom. The normalized spacial score (nSPS) is 28.3. The van der Waals surface area contributed by atoms with Gasteiger partial charge in [0.25, 0.3) is 0 Å². The standard InChI is InChI=1S/C25H38F2O/c1-3-17-28-23-16-15-22(24(26)25(23)27)14-9-19-7-12-21(13-8-19)20-10-5-18(4-2)6-11-20/h15-16,18-21H,3-14,17H2,1-2H3. The highest BCUT2D eigenvalue weighted by molar-refractivity contribution is 5.31. The van der Waals surface area contributed by atoms with Gasteiger partial charge in [-0.05, 0) is 80.2 Å². The molecule has 2 saturated carbocycles. The largest absolute Gasteiger partial charge is 0.490 e. The zero-order valence-corrected chi connectivity index (χ0v) is 17.8. The Kier molecular flexibility index (Phi) is 8.17. The molecule has 0 saturated heterocycles. The third kappa shape index (κ3) is 5.48. The van der Waals surface area contributed by atoms with Crippen LogP contribution in [-0.2, 0) is 6.42 Å². The molecule has 0 aromatic heterocycles. The monoisotopic (exact) mass is 392 g/mol. The molecule has 0 radical (unpaired) electrons. The van der Waals surface area contributed by atoms with E-state index >= 15 is 0 Å². The first-order chi connectivity index (χ1) is 13.6. The number of aryl methyl sites for hydroxylation is 1. The van der Waals surface area contributed by atoms with Crippen molar-refractivity contribution in [1.29, 1.82) is 0 Å². The first kappa shape index (κ1) is 21.6. The van der Waals surface area contributed by atoms with Crippen LogP contribution in [0.3, 0.4) is 0 Å². The Labute approximate surface area is 170 Å². The minimum atomic E-state index is -0.822. The Balaban J connectivity index is 1.44. The predicted octanol–water partition coefficient (Wildman–Crippen LogP) is 7.71. The minimum absolute atomic E-state index is 0.0430. The molecule has 2 aliphatic rings. The summed E-state index contributed by atoms with van der Waals surface area (Å²) in [4.78, 5) is 0. The summed E-state index contributed by atoms with van der Waals surface area (Å²) in [6.45, 7) is 4.70. The van der Waals surface area contributed by atoms with Crippen molar-refractivity contribution in [3.05, 3.63) is 29.3 Å². The zero-order chi connectivity index (χ0) is 19.9. The smallest absolute Gasteiger partial charge is 0.200 e. The first-order valence-electron chi connectivity index (χ1n) is 11.7. The van der Waals surface area contributed by atoms with Crippen molar-refractivity contribution in [1.82, 2.24) is 0 Å². The zero-order valence-electron chi connectivity index (χ0n) is 17.8. The van der Waals surface area contributed by atoms with Gasteiger partial charge in [0.05, 0.1) is 6.61 Å². The molecule has 0 atom stereocenters. The lowest BCUT2D eigenvalue weighted by atomic mass is 9.68. The third-order valence-electron chi connectivity index (χ3n) is 7.44. The Morgan fingerprint density at radius 1 is 0.821 bits per heavy atom. The van der Waals surface area contributed by atoms with Crippen molar-refractivity contribution in [2.24, 2.45) is 23.7 Å². The second-order valence-corrected chi connectivity index (χ2v) is 9.21. The van der Waals surface area contributed by atoms with Gasteiger partial charge in [-0.1, -0.05) is 52.0 Å². The third-order valence-corrected chi connectivity index (χ3v) is 7.44. The molecule has 0 aliphatic heterocycles. The van der Waals surface area contributed by atoms with E-state index < -0.39 is 11.6 Å². The molecule has 1 aromatic carbocycles. The van der Waals surface area contributed by atoms with Crippen LogP contribution >= 0.6 is 0 Å². The molecule has 158 valence electrons. The topological polar surface area (TPSA) is 9.23 Å². The van der Waals surface area contributed by atoms with E-state index in [0.29, 0.717) is 24.5 Å². The summed E-state index contributed by atoms with van der Waals surface area (Å²) in [5.41, 5.74) is 0.501. The molecule has 0 heterocycles. The number of benzene rings is 1. The van der Waals surface area contributed by atoms with Crippen LogP contribution in [-0.4, -0.2) is 6.61 Å². The number of halogens is 2. The van der Waals surface area contributed by atoms with Gasteiger partial charge in [-0.3, -0.25) is 0 Å². The van der Waals surface area contributed by atoms with Gasteiger partial charge in [0.2, 0.25) is 5.82 Å². The van der Waals surface area contributed by atoms with Crippen molar-refractivity contribution < 1.29 is 13.5 Å². The van der Waals surface area contributed by atoms with Crippen LogP contribution in [0.4, 0.5) is 8.78 Å². The molecule has 0 amide bonds. The minimum Gasteiger partial charge on any atom is -0.490 e. The fraction of sp³-hybridized carbons (Fsp3) is 0.760. The summed E-state index contributed by atoms with van der Waals surface area (Å²) >= 11 is 0. The maximum Gasteiger partial charge on any atom is 0.200 e. The molecular formula is C25H38F2O. The lowest BCUT2D eigenvalue weighted by Gasteiger charge is -2.37. The number of hydrogen-bond donors (Lipinski definition) is 0. The van der Waals surface area contributed by atoms with E-state index in [-0.39, 0.29) is 5.75 Å². The average molecular weight is 393 g/mol. The van der Waals surface area contributed by atoms with E-state index in [1.54, 1.807) is 12.1 Å². The highest BCUT2D eigenvalue weighted by Crippen LogP contribution is 2.42. The molecule has 2 aliphatic carbocycles. The second-order valence-electron chi connectivity index (χ2n) is 9.21. The summed E-state index contributed by atoms with van der Waals surface area (Å²) in [7, 11) is 0. The maximum atomic E-state index is 14.4. The summed E-state index contributed by atoms with van der Waals surface area (Å²) in [5.74, 6) is 2.02. The Morgan fingerprint density at radius 2 is 1.43 bits per heavy atom. The Hall–Kier alpha value is -1.12. The molecule has 28 heavy (non-hydrogen) atoms. The van der Waals surface area contributed by atoms with Crippen LogP contribution in [0.25, 0.3) is 0 Å². The van der Waals surface area contributed by atoms with Crippen molar-refractivity contribution in [3.63, 3.8) is 0 Å². The van der Waals surface area contributed by atoms with E-state index in [9.17, 15) is 8.78 Å². The van der Waals surface area contributed by atoms with Crippen LogP contribution < -0.4 is 4.74 Å². The van der Waals surface area contributed by atoms with E-state index in [2.05, 4.69) is 6.92 Å². The van der Waals surface area contributed by atoms with Crippen LogP contribution in [0.2, 0.25) is 0 Å². The predicted molar refractivity (Wildman–Crippen MR) is 112 cm³/mol. The molecule has 3 rings (SSSR count). The van der Waals surface area contributed by atoms with E-state index in [4.69, 9.17) is 4.74 Å². The SMILES string of the molecule is CCCOc1ccc(CCC2CCC(C3CCC(CC)CC3)CC2)c(F)c1F. The van der Waals surface area contributed by atoms with Gasteiger partial charge < -0.3 is 4.74 Å². The summed E-state index contributed by atoms with van der Waals surface area (Å²) in [5, 5.41) is 0. The summed E-state index contributed by atoms with van der Waals surface area (Å²) in [6, 6.07) is 3.30. The Bertz CT molecular complexity index is 599. The van der Waals surface area contributed by atoms with Crippen molar-refractivity contribution in [2.45, 2.75) is 90.9 Å². The van der Waals surface area contributed by atoms with Gasteiger partial charge in [-0.2, -0.15) is 4.39 Å². The van der Waals surface area contributed by atoms with E-state index in [1.165, 1.54) is 57.8 Å². The van der Waals surface area contributed by atoms with Crippen LogP contribution in [0, 0.1) is 35.3 Å². The maximum absolute atomic E-state index is 14.4. The lowest BCUT2D eigenvalue weighted by molar-refractivity contribution is 0.142. The summed E-state index contributed by atoms with van der Waals surface area (Å²) < 4.78 is 33.8. The fourth-order valence-electron chi connectivity index (χ4n) is 5.46. The number of hydrogen-bond acceptors (Lipinski definition) is 1. The quantitative estimate of drug-likeness (QED) is 0.440. The van der Waals surface area contributed by atoms with Crippen molar-refractivity contribution in [2.75, 3.05) is 6.61 Å². The van der Waals surface area contributed by atoms with Gasteiger partial charge >= 0.3 is 0 Å². The van der Waals surface area contributed by atoms with Gasteiger partial charge in [0.15, 0.2) is 11.6 Å². The summed E-state index contributed by atoms with van der Waals surface area (Å²) in [6.07, 6.45) is 14.7. The van der Waals surface area contributed by atoms with Gasteiger partial charge in [-0.25, -0.2) is 4.39 Å². The molecule has 1 aromatic rings. The highest BCUT2D eigenvalue weighted by atomic mass is 19.2.